The van der Waals surface area contributed by atoms with E-state index in [2.05, 4.69) is 5.10 Å². The molecule has 1 aliphatic heterocycles. The molecule has 26 heavy (non-hydrogen) atoms. The number of allylic oxidation sites excluding steroid dienone is 1. The van der Waals surface area contributed by atoms with E-state index < -0.39 is 24.0 Å². The fourth-order valence-electron chi connectivity index (χ4n) is 2.87. The second-order valence-corrected chi connectivity index (χ2v) is 7.61. The lowest BCUT2D eigenvalue weighted by Gasteiger charge is -2.32. The van der Waals surface area contributed by atoms with Crippen molar-refractivity contribution in [2.24, 2.45) is 0 Å². The first-order valence-electron chi connectivity index (χ1n) is 9.06. The Bertz CT molecular complexity index is 783. The van der Waals surface area contributed by atoms with Crippen molar-refractivity contribution in [2.45, 2.75) is 58.8 Å². The summed E-state index contributed by atoms with van der Waals surface area (Å²) in [6.45, 7) is 10.5. The Morgan fingerprint density at radius 3 is 2.35 bits per heavy atom. The molecule has 0 unspecified atom stereocenters. The van der Waals surface area contributed by atoms with Gasteiger partial charge in [-0.3, -0.25) is 4.68 Å². The standard InChI is InChI=1S/C20H26BFN2O2/c1-6-24-14-16(18(23-24)15-10-8-7-9-11-15)12-13-17(22)21-25-19(2,3)20(4,5)26-21/h7-11,13-14H,6,12H2,1-5H3. The van der Waals surface area contributed by atoms with Crippen LogP contribution in [0.4, 0.5) is 4.39 Å². The largest absolute Gasteiger partial charge is 0.524 e. The van der Waals surface area contributed by atoms with Crippen molar-refractivity contribution < 1.29 is 13.7 Å². The van der Waals surface area contributed by atoms with Gasteiger partial charge in [0.15, 0.2) is 0 Å². The Morgan fingerprint density at radius 1 is 1.15 bits per heavy atom. The average Bonchev–Trinajstić information content (AvgIpc) is 3.11. The molecular formula is C20H26BFN2O2. The van der Waals surface area contributed by atoms with Crippen LogP contribution < -0.4 is 0 Å². The van der Waals surface area contributed by atoms with Crippen LogP contribution in [0.2, 0.25) is 0 Å². The van der Waals surface area contributed by atoms with E-state index in [1.807, 2.05) is 75.8 Å². The minimum absolute atomic E-state index is 0.396. The van der Waals surface area contributed by atoms with Crippen LogP contribution in [0.25, 0.3) is 11.3 Å². The summed E-state index contributed by atoms with van der Waals surface area (Å²) in [5.74, 6) is 0. The van der Waals surface area contributed by atoms with Gasteiger partial charge in [-0.05, 0) is 41.0 Å². The van der Waals surface area contributed by atoms with Crippen molar-refractivity contribution in [3.05, 3.63) is 53.9 Å². The summed E-state index contributed by atoms with van der Waals surface area (Å²) in [6, 6.07) is 9.95. The molecule has 0 amide bonds. The van der Waals surface area contributed by atoms with Gasteiger partial charge in [0.2, 0.25) is 0 Å². The molecule has 2 aromatic rings. The molecule has 1 aliphatic rings. The number of nitrogens with zero attached hydrogens (tertiary/aromatic N) is 2. The highest BCUT2D eigenvalue weighted by Gasteiger charge is 2.52. The molecule has 0 bridgehead atoms. The first-order chi connectivity index (χ1) is 12.2. The van der Waals surface area contributed by atoms with E-state index in [9.17, 15) is 4.39 Å². The zero-order valence-corrected chi connectivity index (χ0v) is 16.1. The molecule has 1 aromatic carbocycles. The molecule has 6 heteroatoms. The summed E-state index contributed by atoms with van der Waals surface area (Å²) >= 11 is 0. The maximum absolute atomic E-state index is 14.7. The Balaban J connectivity index is 1.81. The molecule has 2 heterocycles. The van der Waals surface area contributed by atoms with E-state index >= 15 is 0 Å². The molecule has 0 aliphatic carbocycles. The molecule has 4 nitrogen and oxygen atoms in total. The molecule has 0 spiro atoms. The van der Waals surface area contributed by atoms with Crippen LogP contribution in [0, 0.1) is 0 Å². The van der Waals surface area contributed by atoms with Crippen LogP contribution in [-0.2, 0) is 22.3 Å². The van der Waals surface area contributed by atoms with Crippen LogP contribution in [-0.4, -0.2) is 28.1 Å². The van der Waals surface area contributed by atoms with Gasteiger partial charge in [0.05, 0.1) is 16.9 Å². The summed E-state index contributed by atoms with van der Waals surface area (Å²) in [4.78, 5) is 0. The van der Waals surface area contributed by atoms with Gasteiger partial charge >= 0.3 is 7.12 Å². The highest BCUT2D eigenvalue weighted by molar-refractivity contribution is 6.53. The number of aryl methyl sites for hydroxylation is 1. The van der Waals surface area contributed by atoms with Gasteiger partial charge in [0, 0.05) is 23.9 Å². The Hall–Kier alpha value is -1.92. The van der Waals surface area contributed by atoms with E-state index in [0.29, 0.717) is 6.42 Å². The highest BCUT2D eigenvalue weighted by atomic mass is 19.1. The lowest BCUT2D eigenvalue weighted by atomic mass is 9.87. The molecule has 1 aromatic heterocycles. The maximum Gasteiger partial charge on any atom is 0.524 e. The number of hydrogen-bond acceptors (Lipinski definition) is 3. The van der Waals surface area contributed by atoms with Crippen molar-refractivity contribution in [1.29, 1.82) is 0 Å². The normalized spacial score (nSPS) is 19.2. The topological polar surface area (TPSA) is 36.3 Å². The summed E-state index contributed by atoms with van der Waals surface area (Å²) in [5, 5.41) is 4.62. The average molecular weight is 356 g/mol. The van der Waals surface area contributed by atoms with Crippen LogP contribution in [0.1, 0.15) is 40.2 Å². The Morgan fingerprint density at radius 2 is 1.77 bits per heavy atom. The fourth-order valence-corrected chi connectivity index (χ4v) is 2.87. The van der Waals surface area contributed by atoms with Crippen LogP contribution >= 0.6 is 0 Å². The molecule has 1 saturated heterocycles. The molecule has 0 saturated carbocycles. The first kappa shape index (κ1) is 18.9. The molecule has 0 atom stereocenters. The van der Waals surface area contributed by atoms with Gasteiger partial charge in [-0.15, -0.1) is 0 Å². The lowest BCUT2D eigenvalue weighted by molar-refractivity contribution is 0.00578. The van der Waals surface area contributed by atoms with Gasteiger partial charge in [0.25, 0.3) is 0 Å². The minimum Gasteiger partial charge on any atom is -0.398 e. The van der Waals surface area contributed by atoms with Crippen molar-refractivity contribution >= 4 is 7.12 Å². The van der Waals surface area contributed by atoms with E-state index in [1.165, 1.54) is 6.08 Å². The van der Waals surface area contributed by atoms with E-state index in [-0.39, 0.29) is 0 Å². The molecule has 0 N–H and O–H groups in total. The predicted molar refractivity (Wildman–Crippen MR) is 102 cm³/mol. The Labute approximate surface area is 155 Å². The summed E-state index contributed by atoms with van der Waals surface area (Å²) in [5.41, 5.74) is 1.39. The third kappa shape index (κ3) is 3.62. The fraction of sp³-hybridized carbons (Fsp3) is 0.450. The number of benzene rings is 1. The van der Waals surface area contributed by atoms with Crippen LogP contribution in [0.3, 0.4) is 0 Å². The van der Waals surface area contributed by atoms with Crippen molar-refractivity contribution in [3.8, 4) is 11.3 Å². The second-order valence-electron chi connectivity index (χ2n) is 7.61. The summed E-state index contributed by atoms with van der Waals surface area (Å²) in [6.07, 6.45) is 3.93. The van der Waals surface area contributed by atoms with Gasteiger partial charge < -0.3 is 9.31 Å². The first-order valence-corrected chi connectivity index (χ1v) is 9.06. The van der Waals surface area contributed by atoms with Gasteiger partial charge in [0.1, 0.15) is 5.73 Å². The Kier molecular flexibility index (Phi) is 5.08. The molecule has 138 valence electrons. The SMILES string of the molecule is CCn1cc(CC=C(F)B2OC(C)(C)C(C)(C)O2)c(-c2ccccc2)n1. The number of halogens is 1. The molecule has 3 rings (SSSR count). The summed E-state index contributed by atoms with van der Waals surface area (Å²) < 4.78 is 28.1. The van der Waals surface area contributed by atoms with Crippen LogP contribution in [0.15, 0.2) is 48.3 Å². The molecule has 1 fully saturated rings. The quantitative estimate of drug-likeness (QED) is 0.735. The molecular weight excluding hydrogens is 330 g/mol. The predicted octanol–water partition coefficient (Wildman–Crippen LogP) is 4.60. The zero-order valence-electron chi connectivity index (χ0n) is 16.1. The van der Waals surface area contributed by atoms with E-state index in [4.69, 9.17) is 9.31 Å². The van der Waals surface area contributed by atoms with Crippen molar-refractivity contribution in [3.63, 3.8) is 0 Å². The number of hydrogen-bond donors (Lipinski definition) is 0. The number of aromatic nitrogens is 2. The minimum atomic E-state index is -0.957. The third-order valence-electron chi connectivity index (χ3n) is 5.20. The van der Waals surface area contributed by atoms with Crippen LogP contribution in [0.5, 0.6) is 0 Å². The zero-order chi connectivity index (χ0) is 18.9. The van der Waals surface area contributed by atoms with Gasteiger partial charge in [-0.1, -0.05) is 36.4 Å². The number of rotatable bonds is 5. The lowest BCUT2D eigenvalue weighted by Crippen LogP contribution is -2.41. The van der Waals surface area contributed by atoms with Crippen molar-refractivity contribution in [2.75, 3.05) is 0 Å². The van der Waals surface area contributed by atoms with E-state index in [1.54, 1.807) is 0 Å². The highest BCUT2D eigenvalue weighted by Crippen LogP contribution is 2.38. The second kappa shape index (κ2) is 7.01. The van der Waals surface area contributed by atoms with Gasteiger partial charge in [-0.2, -0.15) is 5.10 Å². The van der Waals surface area contributed by atoms with Crippen molar-refractivity contribution in [1.82, 2.24) is 9.78 Å². The molecule has 0 radical (unpaired) electrons. The van der Waals surface area contributed by atoms with E-state index in [0.717, 1.165) is 23.4 Å². The van der Waals surface area contributed by atoms with Gasteiger partial charge in [-0.25, -0.2) is 4.39 Å². The third-order valence-corrected chi connectivity index (χ3v) is 5.20. The monoisotopic (exact) mass is 356 g/mol. The maximum atomic E-state index is 14.7. The smallest absolute Gasteiger partial charge is 0.398 e. The summed E-state index contributed by atoms with van der Waals surface area (Å²) in [7, 11) is -0.957.